The molecule has 1 atom stereocenters. The van der Waals surface area contributed by atoms with Crippen molar-refractivity contribution in [1.82, 2.24) is 0 Å². The highest BCUT2D eigenvalue weighted by Crippen LogP contribution is 2.62. The lowest BCUT2D eigenvalue weighted by Gasteiger charge is -2.26. The quantitative estimate of drug-likeness (QED) is 0.513. The Balaban J connectivity index is 2.67. The van der Waals surface area contributed by atoms with Crippen LogP contribution >= 0.6 is 7.60 Å². The number of hydrogen-bond donors (Lipinski definition) is 0. The highest BCUT2D eigenvalue weighted by Gasteiger charge is 2.41. The Kier molecular flexibility index (Phi) is 6.17. The molecule has 0 N–H and O–H groups in total. The lowest BCUT2D eigenvalue weighted by molar-refractivity contribution is 0.166. The van der Waals surface area contributed by atoms with E-state index >= 15 is 0 Å². The van der Waals surface area contributed by atoms with E-state index in [1.54, 1.807) is 26.0 Å². The standard InChI is InChI=1S/C16H21O6PS/c1-4-20-23(17,21-5-2)16(22-24(3,18)19)15-12-8-10-13-9-6-7-11-14(13)15/h6-12,16H,4-5H2,1-3H3. The summed E-state index contributed by atoms with van der Waals surface area (Å²) in [7, 11) is -7.75. The monoisotopic (exact) mass is 372 g/mol. The van der Waals surface area contributed by atoms with Crippen molar-refractivity contribution in [2.75, 3.05) is 19.5 Å². The summed E-state index contributed by atoms with van der Waals surface area (Å²) >= 11 is 0. The van der Waals surface area contributed by atoms with E-state index in [-0.39, 0.29) is 13.2 Å². The van der Waals surface area contributed by atoms with E-state index < -0.39 is 23.6 Å². The fourth-order valence-corrected chi connectivity index (χ4v) is 5.40. The topological polar surface area (TPSA) is 78.9 Å². The fourth-order valence-electron chi connectivity index (χ4n) is 2.44. The third-order valence-corrected chi connectivity index (χ3v) is 6.14. The average Bonchev–Trinajstić information content (AvgIpc) is 2.52. The molecule has 2 aromatic rings. The van der Waals surface area contributed by atoms with Crippen molar-refractivity contribution in [2.45, 2.75) is 19.7 Å². The van der Waals surface area contributed by atoms with Crippen molar-refractivity contribution in [3.8, 4) is 0 Å². The molecule has 0 aromatic heterocycles. The molecule has 0 aliphatic rings. The molecule has 0 aliphatic heterocycles. The minimum atomic E-state index is -3.89. The fraction of sp³-hybridized carbons (Fsp3) is 0.375. The van der Waals surface area contributed by atoms with E-state index in [9.17, 15) is 13.0 Å². The van der Waals surface area contributed by atoms with Crippen LogP contribution in [0.1, 0.15) is 25.3 Å². The maximum Gasteiger partial charge on any atom is 0.365 e. The smallest absolute Gasteiger partial charge is 0.307 e. The molecule has 2 rings (SSSR count). The van der Waals surface area contributed by atoms with Gasteiger partial charge in [0.15, 0.2) is 0 Å². The molecular formula is C16H21O6PS. The zero-order valence-electron chi connectivity index (χ0n) is 13.8. The van der Waals surface area contributed by atoms with Crippen molar-refractivity contribution in [3.63, 3.8) is 0 Å². The van der Waals surface area contributed by atoms with Gasteiger partial charge in [0.05, 0.1) is 19.5 Å². The van der Waals surface area contributed by atoms with Gasteiger partial charge in [-0.15, -0.1) is 0 Å². The highest BCUT2D eigenvalue weighted by molar-refractivity contribution is 7.86. The Bertz CT molecular complexity index is 833. The number of hydrogen-bond acceptors (Lipinski definition) is 6. The number of rotatable bonds is 8. The Hall–Kier alpha value is -1.24. The summed E-state index contributed by atoms with van der Waals surface area (Å²) in [6, 6.07) is 12.7. The predicted octanol–water partition coefficient (Wildman–Crippen LogP) is 4.08. The van der Waals surface area contributed by atoms with Gasteiger partial charge in [-0.1, -0.05) is 42.5 Å². The maximum absolute atomic E-state index is 13.2. The van der Waals surface area contributed by atoms with E-state index in [0.29, 0.717) is 5.56 Å². The normalized spacial score (nSPS) is 14.0. The lowest BCUT2D eigenvalue weighted by Crippen LogP contribution is -2.14. The van der Waals surface area contributed by atoms with E-state index in [4.69, 9.17) is 13.2 Å². The summed E-state index contributed by atoms with van der Waals surface area (Å²) in [5.74, 6) is -1.36. The Morgan fingerprint density at radius 2 is 1.58 bits per heavy atom. The van der Waals surface area contributed by atoms with Crippen molar-refractivity contribution < 1.29 is 26.2 Å². The van der Waals surface area contributed by atoms with Gasteiger partial charge in [0.1, 0.15) is 0 Å². The first kappa shape index (κ1) is 19.1. The molecule has 0 fully saturated rings. The minimum absolute atomic E-state index is 0.103. The van der Waals surface area contributed by atoms with E-state index in [0.717, 1.165) is 17.0 Å². The first-order valence-corrected chi connectivity index (χ1v) is 11.0. The number of fused-ring (bicyclic) bond motifs is 1. The zero-order valence-corrected chi connectivity index (χ0v) is 15.5. The number of benzene rings is 2. The summed E-state index contributed by atoms with van der Waals surface area (Å²) in [5, 5.41) is 1.60. The Morgan fingerprint density at radius 3 is 2.17 bits per heavy atom. The van der Waals surface area contributed by atoms with Crippen molar-refractivity contribution in [3.05, 3.63) is 48.0 Å². The molecule has 1 unspecified atom stereocenters. The van der Waals surface area contributed by atoms with Gasteiger partial charge in [-0.2, -0.15) is 8.42 Å². The van der Waals surface area contributed by atoms with Gasteiger partial charge in [-0.25, -0.2) is 4.18 Å². The van der Waals surface area contributed by atoms with Crippen molar-refractivity contribution in [2.24, 2.45) is 0 Å². The molecule has 0 radical (unpaired) electrons. The molecule has 0 amide bonds. The SMILES string of the molecule is CCOP(=O)(OCC)C(OS(C)(=O)=O)c1cccc2ccccc12. The second-order valence-electron chi connectivity index (χ2n) is 5.10. The largest absolute Gasteiger partial charge is 0.365 e. The summed E-state index contributed by atoms with van der Waals surface area (Å²) in [6.07, 6.45) is 0.910. The van der Waals surface area contributed by atoms with Crippen molar-refractivity contribution >= 4 is 28.5 Å². The highest BCUT2D eigenvalue weighted by atomic mass is 32.2. The molecule has 132 valence electrons. The molecule has 0 aliphatic carbocycles. The average molecular weight is 372 g/mol. The third-order valence-electron chi connectivity index (χ3n) is 3.26. The van der Waals surface area contributed by atoms with Gasteiger partial charge >= 0.3 is 7.60 Å². The summed E-state index contributed by atoms with van der Waals surface area (Å²) in [4.78, 5) is 0. The summed E-state index contributed by atoms with van der Waals surface area (Å²) in [5.41, 5.74) is 0.448. The van der Waals surface area contributed by atoms with Crippen LogP contribution in [-0.4, -0.2) is 27.9 Å². The van der Waals surface area contributed by atoms with Gasteiger partial charge < -0.3 is 9.05 Å². The van der Waals surface area contributed by atoms with E-state index in [1.807, 2.05) is 30.3 Å². The molecule has 0 saturated heterocycles. The molecule has 0 bridgehead atoms. The maximum atomic E-state index is 13.2. The summed E-state index contributed by atoms with van der Waals surface area (Å²) in [6.45, 7) is 3.52. The molecule has 6 nitrogen and oxygen atoms in total. The van der Waals surface area contributed by atoms with Crippen LogP contribution in [0.5, 0.6) is 0 Å². The minimum Gasteiger partial charge on any atom is -0.307 e. The second kappa shape index (κ2) is 7.76. The van der Waals surface area contributed by atoms with Crippen LogP contribution in [0.15, 0.2) is 42.5 Å². The molecule has 0 saturated carbocycles. The Morgan fingerprint density at radius 1 is 1.00 bits per heavy atom. The van der Waals surface area contributed by atoms with Crippen LogP contribution < -0.4 is 0 Å². The molecule has 2 aromatic carbocycles. The predicted molar refractivity (Wildman–Crippen MR) is 93.5 cm³/mol. The molecule has 24 heavy (non-hydrogen) atoms. The van der Waals surface area contributed by atoms with Gasteiger partial charge in [-0.05, 0) is 24.6 Å². The van der Waals surface area contributed by atoms with Crippen molar-refractivity contribution in [1.29, 1.82) is 0 Å². The van der Waals surface area contributed by atoms with Gasteiger partial charge in [0.25, 0.3) is 10.1 Å². The lowest BCUT2D eigenvalue weighted by atomic mass is 10.1. The molecule has 0 heterocycles. The van der Waals surface area contributed by atoms with Crippen LogP contribution in [0.2, 0.25) is 0 Å². The zero-order chi connectivity index (χ0) is 17.8. The van der Waals surface area contributed by atoms with E-state index in [1.165, 1.54) is 0 Å². The van der Waals surface area contributed by atoms with Gasteiger partial charge in [-0.3, -0.25) is 4.57 Å². The second-order valence-corrected chi connectivity index (χ2v) is 8.76. The molecule has 0 spiro atoms. The Labute approximate surface area is 142 Å². The van der Waals surface area contributed by atoms with Gasteiger partial charge in [0.2, 0.25) is 5.85 Å². The first-order chi connectivity index (χ1) is 11.3. The third kappa shape index (κ3) is 4.43. The first-order valence-electron chi connectivity index (χ1n) is 7.55. The molecule has 8 heteroatoms. The summed E-state index contributed by atoms with van der Waals surface area (Å²) < 4.78 is 52.5. The van der Waals surface area contributed by atoms with E-state index in [2.05, 4.69) is 0 Å². The van der Waals surface area contributed by atoms with Crippen LogP contribution in [0, 0.1) is 0 Å². The van der Waals surface area contributed by atoms with Crippen LogP contribution in [0.25, 0.3) is 10.8 Å². The van der Waals surface area contributed by atoms with Crippen LogP contribution in [0.3, 0.4) is 0 Å². The van der Waals surface area contributed by atoms with Crippen LogP contribution in [0.4, 0.5) is 0 Å². The van der Waals surface area contributed by atoms with Gasteiger partial charge in [0, 0.05) is 5.56 Å². The molecular weight excluding hydrogens is 351 g/mol. The van der Waals surface area contributed by atoms with Crippen LogP contribution in [-0.2, 0) is 27.9 Å².